The van der Waals surface area contributed by atoms with Gasteiger partial charge in [0.2, 0.25) is 18.1 Å². The summed E-state index contributed by atoms with van der Waals surface area (Å²) in [5.41, 5.74) is -4.17. The van der Waals surface area contributed by atoms with Gasteiger partial charge in [-0.05, 0) is 72.7 Å². The Morgan fingerprint density at radius 1 is 0.923 bits per heavy atom. The second kappa shape index (κ2) is 12.7. The second-order valence-corrected chi connectivity index (χ2v) is 10.4. The van der Waals surface area contributed by atoms with Gasteiger partial charge in [0.1, 0.15) is 5.60 Å². The molecule has 13 heteroatoms. The Balaban J connectivity index is 2.60. The molecule has 0 atom stereocenters. The van der Waals surface area contributed by atoms with Crippen LogP contribution in [0.25, 0.3) is 11.5 Å². The third-order valence-electron chi connectivity index (χ3n) is 4.90. The lowest BCUT2D eigenvalue weighted by atomic mass is 9.90. The number of hydrogen-bond donors (Lipinski definition) is 1. The quantitative estimate of drug-likeness (QED) is 0.186. The molecule has 1 amide bonds. The van der Waals surface area contributed by atoms with Crippen LogP contribution in [0.3, 0.4) is 0 Å². The summed E-state index contributed by atoms with van der Waals surface area (Å²) in [4.78, 5) is 51.7. The predicted molar refractivity (Wildman–Crippen MR) is 134 cm³/mol. The SMILES string of the molecule is CCOC(=O)C(Cc1c(OCOC(=O)C(C)(C)C)noc1-c1ccco1)(NC(=O)OC(C)(C)C)C(=O)OCC. The van der Waals surface area contributed by atoms with Gasteiger partial charge in [0.25, 0.3) is 5.88 Å². The number of aromatic nitrogens is 1. The molecular weight excluding hydrogens is 516 g/mol. The molecule has 0 aliphatic carbocycles. The number of carbonyl (C=O) groups is 4. The third-order valence-corrected chi connectivity index (χ3v) is 4.90. The van der Waals surface area contributed by atoms with E-state index in [9.17, 15) is 19.2 Å². The van der Waals surface area contributed by atoms with Crippen LogP contribution in [0.4, 0.5) is 4.79 Å². The van der Waals surface area contributed by atoms with Crippen LogP contribution in [0, 0.1) is 5.41 Å². The van der Waals surface area contributed by atoms with Crippen molar-refractivity contribution in [2.24, 2.45) is 5.41 Å². The van der Waals surface area contributed by atoms with Crippen molar-refractivity contribution in [3.05, 3.63) is 24.0 Å². The number of nitrogens with one attached hydrogen (secondary N) is 1. The van der Waals surface area contributed by atoms with Crippen molar-refractivity contribution < 1.29 is 51.8 Å². The minimum absolute atomic E-state index is 0.0129. The van der Waals surface area contributed by atoms with E-state index >= 15 is 0 Å². The first-order chi connectivity index (χ1) is 18.1. The van der Waals surface area contributed by atoms with Crippen LogP contribution < -0.4 is 10.1 Å². The Kier molecular flexibility index (Phi) is 10.1. The van der Waals surface area contributed by atoms with E-state index in [1.807, 2.05) is 0 Å². The average Bonchev–Trinajstić information content (AvgIpc) is 3.47. The minimum atomic E-state index is -2.44. The van der Waals surface area contributed by atoms with Crippen LogP contribution in [0.2, 0.25) is 0 Å². The Bertz CT molecular complexity index is 1120. The Morgan fingerprint density at radius 3 is 2.03 bits per heavy atom. The molecule has 39 heavy (non-hydrogen) atoms. The van der Waals surface area contributed by atoms with Gasteiger partial charge in [-0.25, -0.2) is 14.4 Å². The zero-order valence-corrected chi connectivity index (χ0v) is 23.5. The summed E-state index contributed by atoms with van der Waals surface area (Å²) in [5.74, 6) is -2.85. The summed E-state index contributed by atoms with van der Waals surface area (Å²) >= 11 is 0. The number of carbonyl (C=O) groups excluding carboxylic acids is 4. The van der Waals surface area contributed by atoms with Crippen LogP contribution in [0.5, 0.6) is 5.88 Å². The molecule has 2 aromatic heterocycles. The zero-order valence-electron chi connectivity index (χ0n) is 23.5. The summed E-state index contributed by atoms with van der Waals surface area (Å²) in [6.45, 7) is 12.1. The maximum absolute atomic E-state index is 13.4. The third kappa shape index (κ3) is 8.23. The van der Waals surface area contributed by atoms with Crippen molar-refractivity contribution in [1.82, 2.24) is 10.5 Å². The van der Waals surface area contributed by atoms with Gasteiger partial charge in [-0.1, -0.05) is 0 Å². The van der Waals surface area contributed by atoms with Gasteiger partial charge in [0.05, 0.1) is 30.5 Å². The number of amides is 1. The average molecular weight is 553 g/mol. The molecule has 2 rings (SSSR count). The van der Waals surface area contributed by atoms with Crippen molar-refractivity contribution >= 4 is 24.0 Å². The number of hydrogen-bond acceptors (Lipinski definition) is 12. The molecule has 216 valence electrons. The second-order valence-electron chi connectivity index (χ2n) is 10.4. The molecule has 0 aromatic carbocycles. The molecule has 0 bridgehead atoms. The van der Waals surface area contributed by atoms with Crippen molar-refractivity contribution in [2.75, 3.05) is 20.0 Å². The molecular formula is C26H36N2O11. The van der Waals surface area contributed by atoms with E-state index in [-0.39, 0.29) is 36.2 Å². The predicted octanol–water partition coefficient (Wildman–Crippen LogP) is 3.79. The van der Waals surface area contributed by atoms with E-state index in [0.717, 1.165) is 0 Å². The molecule has 2 heterocycles. The minimum Gasteiger partial charge on any atom is -0.464 e. The Labute approximate surface area is 226 Å². The normalized spacial score (nSPS) is 11.9. The smallest absolute Gasteiger partial charge is 0.409 e. The van der Waals surface area contributed by atoms with Gasteiger partial charge < -0.3 is 32.6 Å². The van der Waals surface area contributed by atoms with Gasteiger partial charge in [-0.15, -0.1) is 0 Å². The first-order valence-electron chi connectivity index (χ1n) is 12.3. The first-order valence-corrected chi connectivity index (χ1v) is 12.3. The van der Waals surface area contributed by atoms with E-state index in [4.69, 9.17) is 32.6 Å². The fourth-order valence-corrected chi connectivity index (χ4v) is 3.15. The van der Waals surface area contributed by atoms with Crippen molar-refractivity contribution in [2.45, 2.75) is 73.0 Å². The van der Waals surface area contributed by atoms with E-state index in [1.54, 1.807) is 53.7 Å². The highest BCUT2D eigenvalue weighted by atomic mass is 16.7. The number of rotatable bonds is 11. The molecule has 0 saturated carbocycles. The van der Waals surface area contributed by atoms with Crippen molar-refractivity contribution in [3.8, 4) is 17.4 Å². The van der Waals surface area contributed by atoms with Gasteiger partial charge in [-0.2, -0.15) is 0 Å². The molecule has 0 aliphatic heterocycles. The van der Waals surface area contributed by atoms with Gasteiger partial charge in [-0.3, -0.25) is 10.1 Å². The van der Waals surface area contributed by atoms with E-state index in [0.29, 0.717) is 0 Å². The van der Waals surface area contributed by atoms with E-state index < -0.39 is 53.8 Å². The van der Waals surface area contributed by atoms with Crippen LogP contribution in [0.1, 0.15) is 61.0 Å². The Morgan fingerprint density at radius 2 is 1.54 bits per heavy atom. The molecule has 0 aliphatic rings. The fraction of sp³-hybridized carbons (Fsp3) is 0.577. The van der Waals surface area contributed by atoms with Gasteiger partial charge in [0.15, 0.2) is 5.76 Å². The molecule has 1 N–H and O–H groups in total. The van der Waals surface area contributed by atoms with Crippen LogP contribution in [-0.2, 0) is 39.8 Å². The summed E-state index contributed by atoms with van der Waals surface area (Å²) < 4.78 is 37.2. The van der Waals surface area contributed by atoms with Crippen LogP contribution >= 0.6 is 0 Å². The lowest BCUT2D eigenvalue weighted by Crippen LogP contribution is -2.63. The largest absolute Gasteiger partial charge is 0.464 e. The van der Waals surface area contributed by atoms with Gasteiger partial charge >= 0.3 is 24.0 Å². The van der Waals surface area contributed by atoms with Crippen molar-refractivity contribution in [1.29, 1.82) is 0 Å². The summed E-state index contributed by atoms with van der Waals surface area (Å²) in [6, 6.07) is 3.13. The standard InChI is InChI=1S/C26H36N2O11/c1-9-33-21(30)26(22(31)34-10-2,27-23(32)38-25(6,7)8)14-16-18(17-12-11-13-35-17)39-28-19(16)36-15-37-20(29)24(3,4)5/h11-13H,9-10,14-15H2,1-8H3,(H,27,32). The number of furan rings is 1. The monoisotopic (exact) mass is 552 g/mol. The number of ether oxygens (including phenoxy) is 5. The van der Waals surface area contributed by atoms with Crippen LogP contribution in [0.15, 0.2) is 27.3 Å². The first kappa shape index (κ1) is 31.2. The highest BCUT2D eigenvalue weighted by molar-refractivity contribution is 6.08. The molecule has 0 spiro atoms. The zero-order chi connectivity index (χ0) is 29.4. The van der Waals surface area contributed by atoms with E-state index in [1.165, 1.54) is 20.1 Å². The maximum Gasteiger partial charge on any atom is 0.409 e. The summed E-state index contributed by atoms with van der Waals surface area (Å²) in [7, 11) is 0. The maximum atomic E-state index is 13.4. The summed E-state index contributed by atoms with van der Waals surface area (Å²) in [5, 5.41) is 6.21. The number of alkyl carbamates (subject to hydrolysis) is 1. The summed E-state index contributed by atoms with van der Waals surface area (Å²) in [6.07, 6.45) is -0.316. The molecule has 0 fully saturated rings. The molecule has 13 nitrogen and oxygen atoms in total. The lowest BCUT2D eigenvalue weighted by molar-refractivity contribution is -0.166. The fourth-order valence-electron chi connectivity index (χ4n) is 3.15. The van der Waals surface area contributed by atoms with Gasteiger partial charge in [0, 0.05) is 6.42 Å². The Hall–Kier alpha value is -4.03. The van der Waals surface area contributed by atoms with Crippen molar-refractivity contribution in [3.63, 3.8) is 0 Å². The molecule has 0 unspecified atom stereocenters. The van der Waals surface area contributed by atoms with E-state index in [2.05, 4.69) is 10.5 Å². The lowest BCUT2D eigenvalue weighted by Gasteiger charge is -2.31. The number of nitrogens with zero attached hydrogens (tertiary/aromatic N) is 1. The van der Waals surface area contributed by atoms with Crippen LogP contribution in [-0.4, -0.2) is 60.3 Å². The molecule has 0 saturated heterocycles. The highest BCUT2D eigenvalue weighted by Crippen LogP contribution is 2.35. The number of esters is 3. The topological polar surface area (TPSA) is 166 Å². The molecule has 0 radical (unpaired) electrons. The molecule has 2 aromatic rings. The highest BCUT2D eigenvalue weighted by Gasteiger charge is 2.53.